The molecule has 0 unspecified atom stereocenters. The fourth-order valence-corrected chi connectivity index (χ4v) is 1.98. The Morgan fingerprint density at radius 2 is 2.54 bits per heavy atom. The van der Waals surface area contributed by atoms with E-state index in [0.717, 1.165) is 9.88 Å². The van der Waals surface area contributed by atoms with Gasteiger partial charge in [0.25, 0.3) is 0 Å². The van der Waals surface area contributed by atoms with E-state index in [1.165, 1.54) is 7.11 Å². The van der Waals surface area contributed by atoms with E-state index >= 15 is 0 Å². The zero-order chi connectivity index (χ0) is 9.42. The third-order valence-electron chi connectivity index (χ3n) is 1.84. The van der Waals surface area contributed by atoms with Gasteiger partial charge >= 0.3 is 5.97 Å². The average molecular weight is 199 g/mol. The quantitative estimate of drug-likeness (QED) is 0.528. The van der Waals surface area contributed by atoms with Gasteiger partial charge in [0, 0.05) is 6.20 Å². The van der Waals surface area contributed by atoms with Gasteiger partial charge in [0.15, 0.2) is 6.10 Å². The number of hydrogen-bond donors (Lipinski definition) is 0. The Morgan fingerprint density at radius 3 is 3.08 bits per heavy atom. The number of carbonyl (C=O) groups excluding carboxylic acids is 1. The van der Waals surface area contributed by atoms with Crippen LogP contribution in [0.25, 0.3) is 0 Å². The number of carbonyl (C=O) groups is 1. The molecule has 1 fully saturated rings. The Balaban J connectivity index is 2.04. The lowest BCUT2D eigenvalue weighted by Gasteiger charge is -1.90. The van der Waals surface area contributed by atoms with Crippen molar-refractivity contribution in [3.05, 3.63) is 16.1 Å². The molecule has 0 saturated carbocycles. The summed E-state index contributed by atoms with van der Waals surface area (Å²) in [6.45, 7) is 1.92. The van der Waals surface area contributed by atoms with Crippen molar-refractivity contribution >= 4 is 17.3 Å². The summed E-state index contributed by atoms with van der Waals surface area (Å²) in [7, 11) is 1.36. The van der Waals surface area contributed by atoms with Crippen LogP contribution in [0.5, 0.6) is 0 Å². The molecule has 4 nitrogen and oxygen atoms in total. The summed E-state index contributed by atoms with van der Waals surface area (Å²) in [6.07, 6.45) is 1.21. The van der Waals surface area contributed by atoms with Gasteiger partial charge in [0.05, 0.1) is 17.0 Å². The third kappa shape index (κ3) is 1.57. The zero-order valence-electron chi connectivity index (χ0n) is 7.31. The molecular formula is C8H9NO3S. The van der Waals surface area contributed by atoms with Crippen molar-refractivity contribution in [1.29, 1.82) is 0 Å². The molecule has 70 valence electrons. The predicted molar refractivity (Wildman–Crippen MR) is 46.5 cm³/mol. The molecule has 0 spiro atoms. The molecule has 0 bridgehead atoms. The Kier molecular flexibility index (Phi) is 2.05. The highest BCUT2D eigenvalue weighted by Gasteiger charge is 2.48. The van der Waals surface area contributed by atoms with E-state index in [2.05, 4.69) is 9.72 Å². The van der Waals surface area contributed by atoms with E-state index in [4.69, 9.17) is 4.74 Å². The maximum absolute atomic E-state index is 11.0. The Labute approximate surface area is 79.5 Å². The first-order valence-electron chi connectivity index (χ1n) is 3.88. The normalized spacial score (nSPS) is 25.7. The van der Waals surface area contributed by atoms with Crippen molar-refractivity contribution in [2.45, 2.75) is 19.1 Å². The van der Waals surface area contributed by atoms with Crippen molar-refractivity contribution in [2.75, 3.05) is 7.11 Å². The van der Waals surface area contributed by atoms with Crippen LogP contribution in [0.3, 0.4) is 0 Å². The van der Waals surface area contributed by atoms with Gasteiger partial charge in [-0.1, -0.05) is 0 Å². The molecule has 1 aliphatic rings. The summed E-state index contributed by atoms with van der Waals surface area (Å²) >= 11 is 1.55. The second-order valence-electron chi connectivity index (χ2n) is 2.78. The second-order valence-corrected chi connectivity index (χ2v) is 4.05. The van der Waals surface area contributed by atoms with Crippen LogP contribution in [0.4, 0.5) is 0 Å². The number of methoxy groups -OCH3 is 1. The first kappa shape index (κ1) is 8.65. The van der Waals surface area contributed by atoms with Crippen LogP contribution in [-0.4, -0.2) is 24.2 Å². The molecule has 1 aromatic heterocycles. The van der Waals surface area contributed by atoms with E-state index in [1.807, 2.05) is 6.92 Å². The minimum atomic E-state index is -0.412. The number of esters is 1. The van der Waals surface area contributed by atoms with Crippen molar-refractivity contribution in [3.8, 4) is 0 Å². The first-order valence-corrected chi connectivity index (χ1v) is 4.69. The van der Waals surface area contributed by atoms with E-state index in [1.54, 1.807) is 17.5 Å². The molecular weight excluding hydrogens is 190 g/mol. The molecule has 2 heterocycles. The number of aryl methyl sites for hydroxylation is 1. The fourth-order valence-electron chi connectivity index (χ4n) is 1.13. The smallest absolute Gasteiger partial charge is 0.338 e. The number of ether oxygens (including phenoxy) is 2. The third-order valence-corrected chi connectivity index (χ3v) is 2.82. The number of epoxide rings is 1. The molecule has 1 aromatic rings. The second kappa shape index (κ2) is 3.08. The maximum atomic E-state index is 11.0. The lowest BCUT2D eigenvalue weighted by atomic mass is 10.3. The number of hydrogen-bond acceptors (Lipinski definition) is 5. The molecule has 0 aliphatic carbocycles. The summed E-state index contributed by atoms with van der Waals surface area (Å²) < 4.78 is 9.72. The molecule has 5 heteroatoms. The van der Waals surface area contributed by atoms with Gasteiger partial charge in [-0.25, -0.2) is 9.78 Å². The summed E-state index contributed by atoms with van der Waals surface area (Å²) in [4.78, 5) is 16.1. The van der Waals surface area contributed by atoms with Gasteiger partial charge in [-0.15, -0.1) is 11.3 Å². The van der Waals surface area contributed by atoms with Crippen LogP contribution < -0.4 is 0 Å². The highest BCUT2D eigenvalue weighted by molar-refractivity contribution is 7.11. The zero-order valence-corrected chi connectivity index (χ0v) is 8.13. The summed E-state index contributed by atoms with van der Waals surface area (Å²) in [6, 6.07) is 0. The molecule has 1 aliphatic heterocycles. The minimum absolute atomic E-state index is 0.126. The number of thiazole rings is 1. The highest BCUT2D eigenvalue weighted by Crippen LogP contribution is 2.41. The topological polar surface area (TPSA) is 51.7 Å². The Bertz CT molecular complexity index is 336. The van der Waals surface area contributed by atoms with E-state index in [-0.39, 0.29) is 12.1 Å². The van der Waals surface area contributed by atoms with Crippen molar-refractivity contribution in [2.24, 2.45) is 0 Å². The van der Waals surface area contributed by atoms with Gasteiger partial charge in [-0.2, -0.15) is 0 Å². The molecule has 0 N–H and O–H groups in total. The minimum Gasteiger partial charge on any atom is -0.467 e. The lowest BCUT2D eigenvalue weighted by Crippen LogP contribution is -2.08. The molecule has 0 amide bonds. The van der Waals surface area contributed by atoms with Crippen LogP contribution >= 0.6 is 11.3 Å². The molecule has 2 atom stereocenters. The highest BCUT2D eigenvalue weighted by atomic mass is 32.1. The van der Waals surface area contributed by atoms with Gasteiger partial charge in [0.1, 0.15) is 6.10 Å². The van der Waals surface area contributed by atoms with Crippen LogP contribution in [-0.2, 0) is 14.3 Å². The standard InChI is InChI=1S/C8H9NO3S/c1-4-9-3-5(13-4)6-7(12-6)8(10)11-2/h3,6-7H,1-2H3/t6-,7-/m1/s1. The monoisotopic (exact) mass is 199 g/mol. The Hall–Kier alpha value is -0.940. The van der Waals surface area contributed by atoms with Crippen LogP contribution in [0.15, 0.2) is 6.20 Å². The number of nitrogens with zero attached hydrogens (tertiary/aromatic N) is 1. The SMILES string of the molecule is COC(=O)[C@@H]1O[C@@H]1c1cnc(C)s1. The van der Waals surface area contributed by atoms with Crippen LogP contribution in [0.2, 0.25) is 0 Å². The van der Waals surface area contributed by atoms with Crippen molar-refractivity contribution in [1.82, 2.24) is 4.98 Å². The van der Waals surface area contributed by atoms with E-state index < -0.39 is 6.10 Å². The summed E-state index contributed by atoms with van der Waals surface area (Å²) in [5.41, 5.74) is 0. The van der Waals surface area contributed by atoms with Crippen molar-refractivity contribution < 1.29 is 14.3 Å². The molecule has 0 radical (unpaired) electrons. The van der Waals surface area contributed by atoms with E-state index in [9.17, 15) is 4.79 Å². The maximum Gasteiger partial charge on any atom is 0.338 e. The van der Waals surface area contributed by atoms with Crippen LogP contribution in [0, 0.1) is 6.92 Å². The van der Waals surface area contributed by atoms with Gasteiger partial charge in [0.2, 0.25) is 0 Å². The van der Waals surface area contributed by atoms with Crippen molar-refractivity contribution in [3.63, 3.8) is 0 Å². The Morgan fingerprint density at radius 1 is 1.77 bits per heavy atom. The van der Waals surface area contributed by atoms with E-state index in [0.29, 0.717) is 0 Å². The van der Waals surface area contributed by atoms with Crippen LogP contribution in [0.1, 0.15) is 16.0 Å². The first-order chi connectivity index (χ1) is 6.22. The summed E-state index contributed by atoms with van der Waals surface area (Å²) in [5, 5.41) is 0.981. The fraction of sp³-hybridized carbons (Fsp3) is 0.500. The van der Waals surface area contributed by atoms with Gasteiger partial charge < -0.3 is 9.47 Å². The molecule has 2 rings (SSSR count). The molecule has 13 heavy (non-hydrogen) atoms. The predicted octanol–water partition coefficient (Wildman–Crippen LogP) is 1.06. The lowest BCUT2D eigenvalue weighted by molar-refractivity contribution is -0.142. The largest absolute Gasteiger partial charge is 0.467 e. The number of rotatable bonds is 2. The molecule has 1 saturated heterocycles. The summed E-state index contributed by atoms with van der Waals surface area (Å²) in [5.74, 6) is -0.309. The van der Waals surface area contributed by atoms with Gasteiger partial charge in [-0.3, -0.25) is 0 Å². The van der Waals surface area contributed by atoms with Gasteiger partial charge in [-0.05, 0) is 6.92 Å². The average Bonchev–Trinajstić information content (AvgIpc) is 2.82. The number of aromatic nitrogens is 1. The molecule has 0 aromatic carbocycles.